The minimum absolute atomic E-state index is 0.106. The third kappa shape index (κ3) is 6.29. The first kappa shape index (κ1) is 22.8. The number of halogens is 1. The number of benzene rings is 2. The van der Waals surface area contributed by atoms with E-state index >= 15 is 0 Å². The molecule has 0 aliphatic carbocycles. The maximum Gasteiger partial charge on any atom is 0.343 e. The Labute approximate surface area is 191 Å². The van der Waals surface area contributed by atoms with Gasteiger partial charge in [-0.25, -0.2) is 10.2 Å². The van der Waals surface area contributed by atoms with Gasteiger partial charge in [0.2, 0.25) is 0 Å². The van der Waals surface area contributed by atoms with Crippen LogP contribution in [0, 0.1) is 0 Å². The Kier molecular flexibility index (Phi) is 7.76. The van der Waals surface area contributed by atoms with E-state index in [1.165, 1.54) is 25.7 Å². The summed E-state index contributed by atoms with van der Waals surface area (Å²) in [5, 5.41) is 6.24. The molecule has 3 rings (SSSR count). The SMILES string of the molecule is COc1cc(/C=N/NC(=O)CNC(=O)c2ccco2)ccc1OC(=O)c1ccc(Br)cc1. The van der Waals surface area contributed by atoms with Gasteiger partial charge in [0.15, 0.2) is 17.3 Å². The van der Waals surface area contributed by atoms with Crippen LogP contribution >= 0.6 is 15.9 Å². The fourth-order valence-electron chi connectivity index (χ4n) is 2.47. The van der Waals surface area contributed by atoms with Crippen LogP contribution in [0.25, 0.3) is 0 Å². The molecular formula is C22H18BrN3O6. The number of furan rings is 1. The van der Waals surface area contributed by atoms with E-state index in [1.807, 2.05) is 0 Å². The van der Waals surface area contributed by atoms with Crippen molar-refractivity contribution in [2.24, 2.45) is 5.10 Å². The van der Waals surface area contributed by atoms with Crippen molar-refractivity contribution in [1.29, 1.82) is 0 Å². The van der Waals surface area contributed by atoms with Gasteiger partial charge < -0.3 is 19.2 Å². The number of hydrazone groups is 1. The molecule has 0 aliphatic heterocycles. The zero-order valence-electron chi connectivity index (χ0n) is 16.8. The van der Waals surface area contributed by atoms with E-state index in [0.29, 0.717) is 16.9 Å². The summed E-state index contributed by atoms with van der Waals surface area (Å²) in [6.45, 7) is -0.273. The second-order valence-electron chi connectivity index (χ2n) is 6.26. The number of nitrogens with zero attached hydrogens (tertiary/aromatic N) is 1. The first-order valence-electron chi connectivity index (χ1n) is 9.25. The summed E-state index contributed by atoms with van der Waals surface area (Å²) in [7, 11) is 1.44. The summed E-state index contributed by atoms with van der Waals surface area (Å²) in [5.41, 5.74) is 3.28. The maximum atomic E-state index is 12.3. The summed E-state index contributed by atoms with van der Waals surface area (Å²) in [4.78, 5) is 35.8. The predicted octanol–water partition coefficient (Wildman–Crippen LogP) is 3.15. The Morgan fingerprint density at radius 1 is 1.09 bits per heavy atom. The van der Waals surface area contributed by atoms with Gasteiger partial charge in [0.05, 0.1) is 31.7 Å². The number of hydrogen-bond donors (Lipinski definition) is 2. The first-order valence-corrected chi connectivity index (χ1v) is 10.0. The van der Waals surface area contributed by atoms with Crippen LogP contribution in [0.3, 0.4) is 0 Å². The summed E-state index contributed by atoms with van der Waals surface area (Å²) in [5.74, 6) is -0.894. The van der Waals surface area contributed by atoms with Gasteiger partial charge in [0.1, 0.15) is 0 Å². The highest BCUT2D eigenvalue weighted by molar-refractivity contribution is 9.10. The Balaban J connectivity index is 1.54. The lowest BCUT2D eigenvalue weighted by atomic mass is 10.2. The highest BCUT2D eigenvalue weighted by Crippen LogP contribution is 2.28. The van der Waals surface area contributed by atoms with Crippen LogP contribution in [0.5, 0.6) is 11.5 Å². The average molecular weight is 500 g/mol. The minimum Gasteiger partial charge on any atom is -0.493 e. The Hall–Kier alpha value is -3.92. The molecule has 0 saturated carbocycles. The monoisotopic (exact) mass is 499 g/mol. The molecule has 3 aromatic rings. The molecule has 2 aromatic carbocycles. The topological polar surface area (TPSA) is 119 Å². The third-order valence-electron chi connectivity index (χ3n) is 4.03. The third-order valence-corrected chi connectivity index (χ3v) is 4.56. The molecule has 32 heavy (non-hydrogen) atoms. The van der Waals surface area contributed by atoms with Gasteiger partial charge in [0, 0.05) is 4.47 Å². The van der Waals surface area contributed by atoms with Crippen LogP contribution < -0.4 is 20.2 Å². The fraction of sp³-hybridized carbons (Fsp3) is 0.0909. The van der Waals surface area contributed by atoms with E-state index in [-0.39, 0.29) is 18.1 Å². The second kappa shape index (κ2) is 10.9. The molecule has 0 saturated heterocycles. The maximum absolute atomic E-state index is 12.3. The van der Waals surface area contributed by atoms with Crippen molar-refractivity contribution in [2.75, 3.05) is 13.7 Å². The van der Waals surface area contributed by atoms with Gasteiger partial charge in [-0.05, 0) is 60.2 Å². The van der Waals surface area contributed by atoms with E-state index in [9.17, 15) is 14.4 Å². The van der Waals surface area contributed by atoms with E-state index in [2.05, 4.69) is 31.8 Å². The molecule has 1 aromatic heterocycles. The Morgan fingerprint density at radius 2 is 1.88 bits per heavy atom. The molecule has 0 atom stereocenters. The van der Waals surface area contributed by atoms with Crippen molar-refractivity contribution in [1.82, 2.24) is 10.7 Å². The van der Waals surface area contributed by atoms with Gasteiger partial charge in [-0.2, -0.15) is 5.10 Å². The number of esters is 1. The quantitative estimate of drug-likeness (QED) is 0.212. The normalized spacial score (nSPS) is 10.6. The average Bonchev–Trinajstić information content (AvgIpc) is 3.34. The number of ether oxygens (including phenoxy) is 2. The van der Waals surface area contributed by atoms with Crippen molar-refractivity contribution in [3.05, 3.63) is 82.2 Å². The van der Waals surface area contributed by atoms with E-state index in [0.717, 1.165) is 4.47 Å². The summed E-state index contributed by atoms with van der Waals surface area (Å²) < 4.78 is 16.5. The highest BCUT2D eigenvalue weighted by Gasteiger charge is 2.13. The molecule has 0 spiro atoms. The standard InChI is InChI=1S/C22H18BrN3O6/c1-30-19-11-14(4-9-17(19)32-22(29)15-5-7-16(23)8-6-15)12-25-26-20(27)13-24-21(28)18-3-2-10-31-18/h2-12H,13H2,1H3,(H,24,28)(H,26,27)/b25-12+. The number of carbonyl (C=O) groups is 3. The summed E-state index contributed by atoms with van der Waals surface area (Å²) in [6, 6.07) is 14.6. The van der Waals surface area contributed by atoms with Crippen molar-refractivity contribution in [3.8, 4) is 11.5 Å². The highest BCUT2D eigenvalue weighted by atomic mass is 79.9. The molecule has 164 valence electrons. The zero-order chi connectivity index (χ0) is 22.9. The molecule has 0 unspecified atom stereocenters. The smallest absolute Gasteiger partial charge is 0.343 e. The molecule has 0 bridgehead atoms. The van der Waals surface area contributed by atoms with Crippen LogP contribution in [-0.4, -0.2) is 37.7 Å². The lowest BCUT2D eigenvalue weighted by Crippen LogP contribution is -2.34. The molecule has 0 fully saturated rings. The van der Waals surface area contributed by atoms with Gasteiger partial charge in [-0.1, -0.05) is 15.9 Å². The van der Waals surface area contributed by atoms with Crippen LogP contribution in [0.4, 0.5) is 0 Å². The molecule has 0 aliphatic rings. The Bertz CT molecular complexity index is 1130. The van der Waals surface area contributed by atoms with Crippen LogP contribution in [0.2, 0.25) is 0 Å². The fourth-order valence-corrected chi connectivity index (χ4v) is 2.73. The van der Waals surface area contributed by atoms with Gasteiger partial charge in [-0.15, -0.1) is 0 Å². The second-order valence-corrected chi connectivity index (χ2v) is 7.18. The van der Waals surface area contributed by atoms with Gasteiger partial charge in [-0.3, -0.25) is 9.59 Å². The van der Waals surface area contributed by atoms with Gasteiger partial charge >= 0.3 is 5.97 Å². The molecule has 9 nitrogen and oxygen atoms in total. The Morgan fingerprint density at radius 3 is 2.56 bits per heavy atom. The number of carbonyl (C=O) groups excluding carboxylic acids is 3. The summed E-state index contributed by atoms with van der Waals surface area (Å²) in [6.07, 6.45) is 2.75. The van der Waals surface area contributed by atoms with E-state index in [4.69, 9.17) is 13.9 Å². The first-order chi connectivity index (χ1) is 15.5. The number of methoxy groups -OCH3 is 1. The predicted molar refractivity (Wildman–Crippen MR) is 119 cm³/mol. The zero-order valence-corrected chi connectivity index (χ0v) is 18.4. The van der Waals surface area contributed by atoms with Crippen molar-refractivity contribution in [3.63, 3.8) is 0 Å². The number of hydrogen-bond acceptors (Lipinski definition) is 7. The minimum atomic E-state index is -0.527. The van der Waals surface area contributed by atoms with Crippen LogP contribution in [0.15, 0.2) is 74.9 Å². The van der Waals surface area contributed by atoms with Crippen LogP contribution in [-0.2, 0) is 4.79 Å². The van der Waals surface area contributed by atoms with Gasteiger partial charge in [0.25, 0.3) is 11.8 Å². The lowest BCUT2D eigenvalue weighted by molar-refractivity contribution is -0.120. The molecule has 1 heterocycles. The number of rotatable bonds is 8. The largest absolute Gasteiger partial charge is 0.493 e. The molecule has 2 N–H and O–H groups in total. The number of nitrogens with one attached hydrogen (secondary N) is 2. The van der Waals surface area contributed by atoms with E-state index in [1.54, 1.807) is 48.5 Å². The molecule has 10 heteroatoms. The molecule has 2 amide bonds. The summed E-state index contributed by atoms with van der Waals surface area (Å²) >= 11 is 3.31. The van der Waals surface area contributed by atoms with Crippen LogP contribution in [0.1, 0.15) is 26.5 Å². The van der Waals surface area contributed by atoms with Crippen molar-refractivity contribution in [2.45, 2.75) is 0 Å². The molecular weight excluding hydrogens is 482 g/mol. The van der Waals surface area contributed by atoms with Crippen molar-refractivity contribution < 1.29 is 28.3 Å². The lowest BCUT2D eigenvalue weighted by Gasteiger charge is -2.10. The van der Waals surface area contributed by atoms with E-state index < -0.39 is 17.8 Å². The van der Waals surface area contributed by atoms with Crippen molar-refractivity contribution >= 4 is 39.9 Å². The molecule has 0 radical (unpaired) electrons. The number of amides is 2.